The van der Waals surface area contributed by atoms with Crippen LogP contribution in [0.2, 0.25) is 0 Å². The highest BCUT2D eigenvalue weighted by molar-refractivity contribution is 7.15. The van der Waals surface area contributed by atoms with E-state index in [1.165, 1.54) is 28.5 Å². The predicted molar refractivity (Wildman–Crippen MR) is 170 cm³/mol. The van der Waals surface area contributed by atoms with E-state index in [-0.39, 0.29) is 18.3 Å². The Kier molecular flexibility index (Phi) is 8.10. The summed E-state index contributed by atoms with van der Waals surface area (Å²) in [6.45, 7) is 5.96. The van der Waals surface area contributed by atoms with Crippen LogP contribution < -0.4 is 4.74 Å². The molecule has 4 heterocycles. The van der Waals surface area contributed by atoms with Gasteiger partial charge in [-0.2, -0.15) is 18.3 Å². The average molecular weight is 665 g/mol. The van der Waals surface area contributed by atoms with E-state index in [9.17, 15) is 27.9 Å². The van der Waals surface area contributed by atoms with Gasteiger partial charge in [0.2, 0.25) is 5.91 Å². The van der Waals surface area contributed by atoms with Gasteiger partial charge >= 0.3 is 12.1 Å². The number of carboxylic acid groups (broad SMARTS) is 1. The number of thiophene rings is 1. The molecule has 2 aliphatic carbocycles. The lowest BCUT2D eigenvalue weighted by atomic mass is 9.88. The molecule has 7 rings (SSSR count). The zero-order chi connectivity index (χ0) is 33.0. The fraction of sp³-hybridized carbons (Fsp3) is 0.429. The Morgan fingerprint density at radius 1 is 1.02 bits per heavy atom. The zero-order valence-electron chi connectivity index (χ0n) is 26.1. The van der Waals surface area contributed by atoms with Gasteiger partial charge in [-0.1, -0.05) is 18.2 Å². The molecule has 0 radical (unpaired) electrons. The molecule has 0 bridgehead atoms. The number of aromatic carboxylic acids is 1. The van der Waals surface area contributed by atoms with Crippen LogP contribution >= 0.6 is 11.3 Å². The van der Waals surface area contributed by atoms with Crippen LogP contribution in [0.15, 0.2) is 42.6 Å². The number of likely N-dealkylation sites (tertiary alicyclic amines) is 1. The number of hydrogen-bond acceptors (Lipinski definition) is 6. The van der Waals surface area contributed by atoms with E-state index in [4.69, 9.17) is 4.74 Å². The standard InChI is InChI=1S/C35H35F3N4O4S/c1-19-16-24(21-12-14-41(15-13-21)33(43)23-8-9-23)10-11-28(19)46-18-26-30(22-6-7-22)20(2)47-31(26)27-4-3-5-29(40-27)42-32(35(36,37)38)25(17-39-42)34(44)45/h3-5,10-11,16-17,21-23H,6-9,12-15,18H2,1-2H3,(H,44,45). The summed E-state index contributed by atoms with van der Waals surface area (Å²) in [6.07, 6.45) is 1.85. The number of aryl methyl sites for hydroxylation is 2. The number of carbonyl (C=O) groups is 2. The van der Waals surface area contributed by atoms with Crippen LogP contribution in [0, 0.1) is 19.8 Å². The van der Waals surface area contributed by atoms with Crippen molar-refractivity contribution < 1.29 is 32.6 Å². The van der Waals surface area contributed by atoms with E-state index >= 15 is 0 Å². The quantitative estimate of drug-likeness (QED) is 0.195. The third-order valence-corrected chi connectivity index (χ3v) is 10.6. The van der Waals surface area contributed by atoms with E-state index < -0.39 is 23.4 Å². The Labute approximate surface area is 274 Å². The van der Waals surface area contributed by atoms with Gasteiger partial charge < -0.3 is 14.7 Å². The zero-order valence-corrected chi connectivity index (χ0v) is 27.0. The Hall–Kier alpha value is -4.19. The highest BCUT2D eigenvalue weighted by Crippen LogP contribution is 2.49. The molecule has 3 fully saturated rings. The fourth-order valence-corrected chi connectivity index (χ4v) is 7.96. The summed E-state index contributed by atoms with van der Waals surface area (Å²) in [4.78, 5) is 32.5. The molecule has 246 valence electrons. The molecule has 47 heavy (non-hydrogen) atoms. The van der Waals surface area contributed by atoms with Crippen LogP contribution in [0.1, 0.15) is 93.5 Å². The Morgan fingerprint density at radius 3 is 2.40 bits per heavy atom. The Bertz CT molecular complexity index is 1850. The van der Waals surface area contributed by atoms with Gasteiger partial charge in [-0.25, -0.2) is 14.5 Å². The molecule has 1 amide bonds. The number of nitrogens with zero attached hydrogens (tertiary/aromatic N) is 4. The first-order valence-electron chi connectivity index (χ1n) is 16.0. The first kappa shape index (κ1) is 31.4. The third kappa shape index (κ3) is 6.27. The largest absolute Gasteiger partial charge is 0.489 e. The third-order valence-electron chi connectivity index (χ3n) is 9.45. The van der Waals surface area contributed by atoms with Crippen molar-refractivity contribution in [2.45, 2.75) is 77.0 Å². The smallest absolute Gasteiger partial charge is 0.434 e. The number of halogens is 3. The van der Waals surface area contributed by atoms with Crippen LogP contribution in [-0.2, 0) is 17.6 Å². The summed E-state index contributed by atoms with van der Waals surface area (Å²) in [7, 11) is 0. The summed E-state index contributed by atoms with van der Waals surface area (Å²) in [5.74, 6) is 0.307. The van der Waals surface area contributed by atoms with Crippen molar-refractivity contribution in [1.82, 2.24) is 19.7 Å². The molecule has 12 heteroatoms. The van der Waals surface area contributed by atoms with Crippen LogP contribution in [0.3, 0.4) is 0 Å². The predicted octanol–water partition coefficient (Wildman–Crippen LogP) is 7.90. The number of alkyl halides is 3. The van der Waals surface area contributed by atoms with E-state index in [0.717, 1.165) is 78.2 Å². The highest BCUT2D eigenvalue weighted by Gasteiger charge is 2.41. The van der Waals surface area contributed by atoms with Gasteiger partial charge in [-0.05, 0) is 99.1 Å². The Morgan fingerprint density at radius 2 is 1.77 bits per heavy atom. The van der Waals surface area contributed by atoms with Gasteiger partial charge in [0.25, 0.3) is 0 Å². The van der Waals surface area contributed by atoms with Crippen molar-refractivity contribution in [2.24, 2.45) is 5.92 Å². The number of carboxylic acids is 1. The second-order valence-electron chi connectivity index (χ2n) is 12.8. The number of carbonyl (C=O) groups excluding carboxylic acids is 1. The van der Waals surface area contributed by atoms with Crippen molar-refractivity contribution in [2.75, 3.05) is 13.1 Å². The number of aromatic nitrogens is 3. The molecule has 0 atom stereocenters. The maximum Gasteiger partial charge on any atom is 0.434 e. The number of amides is 1. The molecule has 0 unspecified atom stereocenters. The molecule has 1 saturated heterocycles. The first-order chi connectivity index (χ1) is 22.5. The van der Waals surface area contributed by atoms with Gasteiger partial charge in [0, 0.05) is 29.4 Å². The van der Waals surface area contributed by atoms with Gasteiger partial charge in [0.15, 0.2) is 11.5 Å². The topological polar surface area (TPSA) is 97.6 Å². The molecular formula is C35H35F3N4O4S. The van der Waals surface area contributed by atoms with Gasteiger partial charge in [0.05, 0.1) is 16.8 Å². The summed E-state index contributed by atoms with van der Waals surface area (Å²) >= 11 is 1.54. The molecule has 2 saturated carbocycles. The average Bonchev–Trinajstić information content (AvgIpc) is 3.99. The van der Waals surface area contributed by atoms with Crippen molar-refractivity contribution in [1.29, 1.82) is 0 Å². The maximum absolute atomic E-state index is 13.9. The molecule has 8 nitrogen and oxygen atoms in total. The van der Waals surface area contributed by atoms with Crippen molar-refractivity contribution in [3.8, 4) is 22.1 Å². The number of pyridine rings is 1. The number of benzene rings is 1. The molecule has 1 N–H and O–H groups in total. The van der Waals surface area contributed by atoms with Crippen molar-refractivity contribution in [3.05, 3.63) is 81.0 Å². The highest BCUT2D eigenvalue weighted by atomic mass is 32.1. The lowest BCUT2D eigenvalue weighted by Crippen LogP contribution is -2.38. The summed E-state index contributed by atoms with van der Waals surface area (Å²) in [5, 5.41) is 13.1. The second-order valence-corrected chi connectivity index (χ2v) is 14.1. The van der Waals surface area contributed by atoms with Gasteiger partial charge in [0.1, 0.15) is 17.9 Å². The Balaban J connectivity index is 1.13. The van der Waals surface area contributed by atoms with E-state index in [1.807, 2.05) is 24.8 Å². The summed E-state index contributed by atoms with van der Waals surface area (Å²) in [5.41, 5.74) is 2.62. The molecule has 1 aromatic carbocycles. The van der Waals surface area contributed by atoms with Gasteiger partial charge in [-0.15, -0.1) is 11.3 Å². The normalized spacial score (nSPS) is 17.3. The maximum atomic E-state index is 13.9. The SMILES string of the molecule is Cc1cc(C2CCN(C(=O)C3CC3)CC2)ccc1OCc1c(-c2cccc(-n3ncc(C(=O)O)c3C(F)(F)F)n2)sc(C)c1C1CC1. The minimum absolute atomic E-state index is 0.123. The monoisotopic (exact) mass is 664 g/mol. The van der Waals surface area contributed by atoms with E-state index in [0.29, 0.717) is 34.3 Å². The lowest BCUT2D eigenvalue weighted by molar-refractivity contribution is -0.143. The molecule has 0 spiro atoms. The van der Waals surface area contributed by atoms with Crippen molar-refractivity contribution in [3.63, 3.8) is 0 Å². The molecule has 3 aromatic heterocycles. The fourth-order valence-electron chi connectivity index (χ4n) is 6.74. The minimum atomic E-state index is -4.95. The van der Waals surface area contributed by atoms with Crippen molar-refractivity contribution >= 4 is 23.2 Å². The minimum Gasteiger partial charge on any atom is -0.489 e. The lowest BCUT2D eigenvalue weighted by Gasteiger charge is -2.32. The number of rotatable bonds is 9. The van der Waals surface area contributed by atoms with Crippen LogP contribution in [0.25, 0.3) is 16.4 Å². The number of ether oxygens (including phenoxy) is 1. The molecular weight excluding hydrogens is 629 g/mol. The number of hydrogen-bond donors (Lipinski definition) is 1. The first-order valence-corrected chi connectivity index (χ1v) is 16.8. The number of piperidine rings is 1. The van der Waals surface area contributed by atoms with Gasteiger partial charge in [-0.3, -0.25) is 4.79 Å². The second kappa shape index (κ2) is 12.1. The summed E-state index contributed by atoms with van der Waals surface area (Å²) < 4.78 is 48.8. The molecule has 1 aliphatic heterocycles. The van der Waals surface area contributed by atoms with Crippen LogP contribution in [0.5, 0.6) is 5.75 Å². The summed E-state index contributed by atoms with van der Waals surface area (Å²) in [6, 6.07) is 11.0. The van der Waals surface area contributed by atoms with Crippen LogP contribution in [-0.4, -0.2) is 49.7 Å². The molecule has 3 aliphatic rings. The molecule has 4 aromatic rings. The van der Waals surface area contributed by atoms with E-state index in [2.05, 4.69) is 22.2 Å². The van der Waals surface area contributed by atoms with E-state index in [1.54, 1.807) is 12.1 Å². The van der Waals surface area contributed by atoms with Crippen LogP contribution in [0.4, 0.5) is 13.2 Å².